The van der Waals surface area contributed by atoms with Gasteiger partial charge in [0.25, 0.3) is 0 Å². The summed E-state index contributed by atoms with van der Waals surface area (Å²) in [5, 5.41) is 0. The van der Waals surface area contributed by atoms with Crippen LogP contribution in [0.5, 0.6) is 0 Å². The molecule has 0 fully saturated rings. The van der Waals surface area contributed by atoms with E-state index in [0.29, 0.717) is 11.2 Å². The summed E-state index contributed by atoms with van der Waals surface area (Å²) in [5.74, 6) is -0.533. The van der Waals surface area contributed by atoms with Crippen molar-refractivity contribution < 1.29 is 22.1 Å². The lowest BCUT2D eigenvalue weighted by atomic mass is 10.3. The molecule has 2 rings (SSSR count). The van der Waals surface area contributed by atoms with Gasteiger partial charge in [-0.15, -0.1) is 11.3 Å². The molecule has 0 amide bonds. The van der Waals surface area contributed by atoms with Crippen LogP contribution < -0.4 is 5.73 Å². The fourth-order valence-corrected chi connectivity index (χ4v) is 3.37. The van der Waals surface area contributed by atoms with Crippen molar-refractivity contribution in [2.75, 3.05) is 18.3 Å². The number of halogens is 3. The fourth-order valence-electron chi connectivity index (χ4n) is 1.30. The number of rotatable bonds is 4. The quantitative estimate of drug-likeness (QED) is 0.881. The van der Waals surface area contributed by atoms with Crippen molar-refractivity contribution in [2.24, 2.45) is 0 Å². The van der Waals surface area contributed by atoms with Crippen LogP contribution in [-0.2, 0) is 15.5 Å². The maximum absolute atomic E-state index is 11.9. The summed E-state index contributed by atoms with van der Waals surface area (Å²) in [6.07, 6.45) is -4.42. The Kier molecular flexibility index (Phi) is 4.07. The molecule has 2 N–H and O–H groups in total. The molecule has 104 valence electrons. The normalized spacial score (nSPS) is 13.8. The Labute approximate surface area is 112 Å². The largest absolute Gasteiger partial charge is 0.411 e. The van der Waals surface area contributed by atoms with Crippen LogP contribution in [0.2, 0.25) is 0 Å². The van der Waals surface area contributed by atoms with Crippen LogP contribution in [0.4, 0.5) is 18.9 Å². The smallest absolute Gasteiger partial charge is 0.399 e. The SMILES string of the molecule is Nc1ccc2nc(S(=O)COCC(F)(F)F)sc2c1. The lowest BCUT2D eigenvalue weighted by molar-refractivity contribution is -0.169. The number of nitrogens with two attached hydrogens (primary N) is 1. The molecule has 0 radical (unpaired) electrons. The van der Waals surface area contributed by atoms with Crippen molar-refractivity contribution >= 4 is 38.0 Å². The molecule has 0 bridgehead atoms. The van der Waals surface area contributed by atoms with Gasteiger partial charge in [0.1, 0.15) is 23.3 Å². The van der Waals surface area contributed by atoms with E-state index in [1.165, 1.54) is 0 Å². The van der Waals surface area contributed by atoms with Crippen LogP contribution in [-0.4, -0.2) is 27.9 Å². The summed E-state index contributed by atoms with van der Waals surface area (Å²) in [4.78, 5) is 4.07. The van der Waals surface area contributed by atoms with E-state index < -0.39 is 29.5 Å². The lowest BCUT2D eigenvalue weighted by Crippen LogP contribution is -2.18. The van der Waals surface area contributed by atoms with Gasteiger partial charge in [-0.3, -0.25) is 0 Å². The fraction of sp³-hybridized carbons (Fsp3) is 0.300. The zero-order valence-corrected chi connectivity index (χ0v) is 11.1. The second-order valence-corrected chi connectivity index (χ2v) is 6.24. The predicted molar refractivity (Wildman–Crippen MR) is 67.3 cm³/mol. The number of ether oxygens (including phenoxy) is 1. The topological polar surface area (TPSA) is 65.2 Å². The number of hydrogen-bond donors (Lipinski definition) is 1. The Bertz CT molecular complexity index is 612. The second-order valence-electron chi connectivity index (χ2n) is 3.63. The van der Waals surface area contributed by atoms with E-state index in [0.717, 1.165) is 16.0 Å². The van der Waals surface area contributed by atoms with Gasteiger partial charge in [0.15, 0.2) is 4.34 Å². The van der Waals surface area contributed by atoms with E-state index in [4.69, 9.17) is 5.73 Å². The molecule has 4 nitrogen and oxygen atoms in total. The molecular weight excluding hydrogens is 301 g/mol. The molecule has 1 aromatic heterocycles. The summed E-state index contributed by atoms with van der Waals surface area (Å²) < 4.78 is 52.6. The maximum atomic E-state index is 11.9. The van der Waals surface area contributed by atoms with E-state index in [2.05, 4.69) is 9.72 Å². The Morgan fingerprint density at radius 2 is 2.16 bits per heavy atom. The van der Waals surface area contributed by atoms with Crippen molar-refractivity contribution in [3.63, 3.8) is 0 Å². The first-order valence-corrected chi connectivity index (χ1v) is 7.17. The molecule has 0 aliphatic carbocycles. The number of nitrogens with zero attached hydrogens (tertiary/aromatic N) is 1. The summed E-state index contributed by atoms with van der Waals surface area (Å²) >= 11 is 1.12. The van der Waals surface area contributed by atoms with Gasteiger partial charge in [-0.2, -0.15) is 13.2 Å². The molecular formula is C10H9F3N2O2S2. The van der Waals surface area contributed by atoms with Gasteiger partial charge in [0.05, 0.1) is 10.2 Å². The molecule has 1 atom stereocenters. The highest BCUT2D eigenvalue weighted by Crippen LogP contribution is 2.26. The second kappa shape index (κ2) is 5.43. The predicted octanol–water partition coefficient (Wildman–Crippen LogP) is 2.52. The molecule has 0 spiro atoms. The van der Waals surface area contributed by atoms with E-state index in [1.807, 2.05) is 0 Å². The van der Waals surface area contributed by atoms with Gasteiger partial charge < -0.3 is 10.5 Å². The Hall–Kier alpha value is -1.19. The third-order valence-electron chi connectivity index (χ3n) is 2.04. The Morgan fingerprint density at radius 1 is 1.42 bits per heavy atom. The summed E-state index contributed by atoms with van der Waals surface area (Å²) in [7, 11) is -1.71. The van der Waals surface area contributed by atoms with Gasteiger partial charge in [-0.05, 0) is 18.2 Å². The molecule has 9 heteroatoms. The van der Waals surface area contributed by atoms with Crippen molar-refractivity contribution in [1.82, 2.24) is 4.98 Å². The molecule has 0 saturated heterocycles. The molecule has 0 aliphatic rings. The minimum Gasteiger partial charge on any atom is -0.399 e. The van der Waals surface area contributed by atoms with E-state index >= 15 is 0 Å². The van der Waals surface area contributed by atoms with Gasteiger partial charge in [0, 0.05) is 5.69 Å². The van der Waals surface area contributed by atoms with Gasteiger partial charge in [0.2, 0.25) is 0 Å². The van der Waals surface area contributed by atoms with Crippen LogP contribution in [0.1, 0.15) is 0 Å². The third-order valence-corrected chi connectivity index (χ3v) is 4.53. The summed E-state index contributed by atoms with van der Waals surface area (Å²) in [6.45, 7) is -1.42. The molecule has 1 heterocycles. The molecule has 0 saturated carbocycles. The van der Waals surface area contributed by atoms with Crippen molar-refractivity contribution in [1.29, 1.82) is 0 Å². The third kappa shape index (κ3) is 3.88. The van der Waals surface area contributed by atoms with Gasteiger partial charge in [-0.1, -0.05) is 0 Å². The van der Waals surface area contributed by atoms with E-state index in [-0.39, 0.29) is 4.34 Å². The molecule has 1 unspecified atom stereocenters. The Morgan fingerprint density at radius 3 is 2.84 bits per heavy atom. The Balaban J connectivity index is 2.05. The zero-order chi connectivity index (χ0) is 14.0. The van der Waals surface area contributed by atoms with Crippen molar-refractivity contribution in [2.45, 2.75) is 10.5 Å². The maximum Gasteiger partial charge on any atom is 0.411 e. The first-order valence-electron chi connectivity index (χ1n) is 5.04. The number of benzene rings is 1. The van der Waals surface area contributed by atoms with Crippen LogP contribution in [0.3, 0.4) is 0 Å². The molecule has 2 aromatic rings. The number of alkyl halides is 3. The van der Waals surface area contributed by atoms with Crippen molar-refractivity contribution in [3.05, 3.63) is 18.2 Å². The highest BCUT2D eigenvalue weighted by Gasteiger charge is 2.28. The number of fused-ring (bicyclic) bond motifs is 1. The molecule has 19 heavy (non-hydrogen) atoms. The highest BCUT2D eigenvalue weighted by molar-refractivity contribution is 7.87. The minimum atomic E-state index is -4.42. The first kappa shape index (κ1) is 14.2. The van der Waals surface area contributed by atoms with Gasteiger partial charge >= 0.3 is 6.18 Å². The first-order chi connectivity index (χ1) is 8.85. The van der Waals surface area contributed by atoms with E-state index in [1.54, 1.807) is 18.2 Å². The zero-order valence-electron chi connectivity index (χ0n) is 9.44. The van der Waals surface area contributed by atoms with E-state index in [9.17, 15) is 17.4 Å². The molecule has 0 aliphatic heterocycles. The lowest BCUT2D eigenvalue weighted by Gasteiger charge is -2.05. The number of nitrogen functional groups attached to an aromatic ring is 1. The monoisotopic (exact) mass is 310 g/mol. The summed E-state index contributed by atoms with van der Waals surface area (Å²) in [6, 6.07) is 4.98. The number of hydrogen-bond acceptors (Lipinski definition) is 5. The van der Waals surface area contributed by atoms with Gasteiger partial charge in [-0.25, -0.2) is 9.19 Å². The van der Waals surface area contributed by atoms with Crippen molar-refractivity contribution in [3.8, 4) is 0 Å². The highest BCUT2D eigenvalue weighted by atomic mass is 32.2. The number of aromatic nitrogens is 1. The van der Waals surface area contributed by atoms with Crippen LogP contribution in [0.25, 0.3) is 10.2 Å². The molecule has 1 aromatic carbocycles. The van der Waals surface area contributed by atoms with Crippen LogP contribution >= 0.6 is 11.3 Å². The minimum absolute atomic E-state index is 0.225. The standard InChI is InChI=1S/C10H9F3N2O2S2/c11-10(12,13)4-17-5-19(16)9-15-7-2-1-6(14)3-8(7)18-9/h1-3H,4-5,14H2. The van der Waals surface area contributed by atoms with Crippen LogP contribution in [0, 0.1) is 0 Å². The number of anilines is 1. The van der Waals surface area contributed by atoms with Crippen LogP contribution in [0.15, 0.2) is 22.5 Å². The summed E-state index contributed by atoms with van der Waals surface area (Å²) in [5.41, 5.74) is 6.74. The average Bonchev–Trinajstić information content (AvgIpc) is 2.70. The number of thiazole rings is 1. The average molecular weight is 310 g/mol.